The van der Waals surface area contributed by atoms with Crippen molar-refractivity contribution in [1.29, 1.82) is 0 Å². The van der Waals surface area contributed by atoms with Crippen LogP contribution in [0.25, 0.3) is 0 Å². The van der Waals surface area contributed by atoms with Gasteiger partial charge in [0.05, 0.1) is 12.9 Å². The average molecular weight is 180 g/mol. The van der Waals surface area contributed by atoms with Crippen molar-refractivity contribution >= 4 is 11.8 Å². The van der Waals surface area contributed by atoms with Gasteiger partial charge in [-0.2, -0.15) is 0 Å². The maximum absolute atomic E-state index is 5.14. The van der Waals surface area contributed by atoms with E-state index >= 15 is 0 Å². The van der Waals surface area contributed by atoms with Crippen LogP contribution >= 0.6 is 11.8 Å². The van der Waals surface area contributed by atoms with Gasteiger partial charge in [-0.25, -0.2) is 0 Å². The summed E-state index contributed by atoms with van der Waals surface area (Å²) in [5.41, 5.74) is 0. The van der Waals surface area contributed by atoms with Crippen LogP contribution in [0.1, 0.15) is 6.42 Å². The van der Waals surface area contributed by atoms with E-state index in [9.17, 15) is 0 Å². The van der Waals surface area contributed by atoms with Crippen molar-refractivity contribution in [2.75, 3.05) is 7.11 Å². The van der Waals surface area contributed by atoms with E-state index in [0.717, 1.165) is 17.1 Å². The quantitative estimate of drug-likeness (QED) is 0.612. The highest BCUT2D eigenvalue weighted by Gasteiger charge is 1.93. The molecule has 0 saturated carbocycles. The van der Waals surface area contributed by atoms with Crippen LogP contribution in [0.5, 0.6) is 0 Å². The Morgan fingerprint density at radius 1 is 1.58 bits per heavy atom. The third-order valence-corrected chi connectivity index (χ3v) is 2.23. The van der Waals surface area contributed by atoms with Gasteiger partial charge >= 0.3 is 0 Å². The lowest BCUT2D eigenvalue weighted by Gasteiger charge is -1.99. The van der Waals surface area contributed by atoms with Crippen molar-refractivity contribution in [1.82, 2.24) is 0 Å². The number of hydrogen-bond acceptors (Lipinski definition) is 2. The highest BCUT2D eigenvalue weighted by molar-refractivity contribution is 8.06. The Labute approximate surface area is 77.5 Å². The third kappa shape index (κ3) is 3.01. The minimum absolute atomic E-state index is 0.848. The molecule has 1 aliphatic heterocycles. The van der Waals surface area contributed by atoms with Crippen molar-refractivity contribution in [3.05, 3.63) is 47.0 Å². The van der Waals surface area contributed by atoms with Gasteiger partial charge in [0.25, 0.3) is 0 Å². The molecular formula is C10H12OS. The van der Waals surface area contributed by atoms with Gasteiger partial charge in [0.15, 0.2) is 0 Å². The molecule has 0 spiro atoms. The van der Waals surface area contributed by atoms with Gasteiger partial charge in [-0.1, -0.05) is 30.5 Å². The fraction of sp³-hybridized carbons (Fsp3) is 0.200. The predicted octanol–water partition coefficient (Wildman–Crippen LogP) is 3.24. The molecule has 1 rings (SSSR count). The van der Waals surface area contributed by atoms with E-state index in [1.165, 1.54) is 0 Å². The van der Waals surface area contributed by atoms with E-state index in [2.05, 4.69) is 12.7 Å². The smallest absolute Gasteiger partial charge is 0.0993 e. The summed E-state index contributed by atoms with van der Waals surface area (Å²) in [6.07, 6.45) is 8.81. The molecule has 0 bridgehead atoms. The lowest BCUT2D eigenvalue weighted by molar-refractivity contribution is 0.285. The zero-order valence-electron chi connectivity index (χ0n) is 7.12. The second-order valence-corrected chi connectivity index (χ2v) is 3.39. The van der Waals surface area contributed by atoms with E-state index in [1.807, 2.05) is 23.6 Å². The molecule has 2 heteroatoms. The second kappa shape index (κ2) is 4.88. The zero-order chi connectivity index (χ0) is 8.81. The summed E-state index contributed by atoms with van der Waals surface area (Å²) in [6.45, 7) is 3.86. The molecule has 0 saturated heterocycles. The van der Waals surface area contributed by atoms with Crippen LogP contribution in [0.15, 0.2) is 47.0 Å². The van der Waals surface area contributed by atoms with Crippen LogP contribution in [0.4, 0.5) is 0 Å². The highest BCUT2D eigenvalue weighted by atomic mass is 32.2. The van der Waals surface area contributed by atoms with Crippen molar-refractivity contribution in [3.63, 3.8) is 0 Å². The van der Waals surface area contributed by atoms with Crippen LogP contribution in [-0.2, 0) is 4.74 Å². The molecule has 12 heavy (non-hydrogen) atoms. The summed E-state index contributed by atoms with van der Waals surface area (Å²) in [5, 5.41) is 2.03. The number of allylic oxidation sites excluding steroid dienone is 4. The minimum atomic E-state index is 0.848. The molecule has 0 aromatic heterocycles. The SMILES string of the molecule is C=C1/C=C\C=C(\OC)C/C=C\S1. The topological polar surface area (TPSA) is 9.23 Å². The van der Waals surface area contributed by atoms with E-state index in [-0.39, 0.29) is 0 Å². The fourth-order valence-corrected chi connectivity index (χ4v) is 1.35. The molecule has 0 aromatic carbocycles. The molecule has 0 N–H and O–H groups in total. The Hall–Kier alpha value is -0.890. The Kier molecular flexibility index (Phi) is 3.74. The van der Waals surface area contributed by atoms with Gasteiger partial charge in [-0.15, -0.1) is 0 Å². The molecule has 0 unspecified atom stereocenters. The molecule has 0 aromatic rings. The number of methoxy groups -OCH3 is 1. The van der Waals surface area contributed by atoms with Crippen molar-refractivity contribution < 1.29 is 4.74 Å². The van der Waals surface area contributed by atoms with Gasteiger partial charge in [0.1, 0.15) is 0 Å². The molecule has 0 atom stereocenters. The first-order valence-electron chi connectivity index (χ1n) is 3.74. The van der Waals surface area contributed by atoms with Crippen molar-refractivity contribution in [2.45, 2.75) is 6.42 Å². The third-order valence-electron chi connectivity index (χ3n) is 1.46. The fourth-order valence-electron chi connectivity index (χ4n) is 0.821. The monoisotopic (exact) mass is 180 g/mol. The highest BCUT2D eigenvalue weighted by Crippen LogP contribution is 2.19. The predicted molar refractivity (Wildman–Crippen MR) is 54.7 cm³/mol. The minimum Gasteiger partial charge on any atom is -0.501 e. The Morgan fingerprint density at radius 3 is 3.17 bits per heavy atom. The van der Waals surface area contributed by atoms with E-state index < -0.39 is 0 Å². The molecule has 0 radical (unpaired) electrons. The van der Waals surface area contributed by atoms with Crippen molar-refractivity contribution in [3.8, 4) is 0 Å². The summed E-state index contributed by atoms with van der Waals surface area (Å²) in [4.78, 5) is 1.04. The first kappa shape index (κ1) is 9.20. The van der Waals surface area contributed by atoms with Crippen LogP contribution in [0, 0.1) is 0 Å². The van der Waals surface area contributed by atoms with E-state index in [0.29, 0.717) is 0 Å². The summed E-state index contributed by atoms with van der Waals surface area (Å²) >= 11 is 1.63. The molecule has 1 nitrogen and oxygen atoms in total. The van der Waals surface area contributed by atoms with Crippen LogP contribution < -0.4 is 0 Å². The molecule has 1 heterocycles. The van der Waals surface area contributed by atoms with Gasteiger partial charge in [-0.3, -0.25) is 0 Å². The van der Waals surface area contributed by atoms with Gasteiger partial charge in [0, 0.05) is 11.3 Å². The normalized spacial score (nSPS) is 27.4. The standard InChI is InChI=1S/C10H12OS/c1-9-5-3-6-10(11-2)7-4-8-12-9/h3-6,8H,1,7H2,2H3/b5-3-,8-4-,10-6+. The van der Waals surface area contributed by atoms with Gasteiger partial charge < -0.3 is 4.74 Å². The molecular weight excluding hydrogens is 168 g/mol. The van der Waals surface area contributed by atoms with Gasteiger partial charge in [-0.05, 0) is 17.6 Å². The van der Waals surface area contributed by atoms with Crippen LogP contribution in [0.3, 0.4) is 0 Å². The van der Waals surface area contributed by atoms with E-state index in [4.69, 9.17) is 4.74 Å². The molecule has 0 aliphatic carbocycles. The molecule has 64 valence electrons. The molecule has 0 fully saturated rings. The summed E-state index contributed by atoms with van der Waals surface area (Å²) < 4.78 is 5.14. The van der Waals surface area contributed by atoms with Crippen LogP contribution in [0.2, 0.25) is 0 Å². The first-order valence-corrected chi connectivity index (χ1v) is 4.62. The largest absolute Gasteiger partial charge is 0.501 e. The molecule has 1 aliphatic rings. The maximum Gasteiger partial charge on any atom is 0.0993 e. The maximum atomic E-state index is 5.14. The number of ether oxygens (including phenoxy) is 1. The molecule has 0 amide bonds. The Balaban J connectivity index is 2.73. The summed E-state index contributed by atoms with van der Waals surface area (Å²) in [7, 11) is 1.69. The first-order chi connectivity index (χ1) is 5.83. The average Bonchev–Trinajstić information content (AvgIpc) is 2.17. The van der Waals surface area contributed by atoms with Crippen LogP contribution in [-0.4, -0.2) is 7.11 Å². The Morgan fingerprint density at radius 2 is 2.42 bits per heavy atom. The Bertz CT molecular complexity index is 249. The summed E-state index contributed by atoms with van der Waals surface area (Å²) in [5.74, 6) is 0.970. The summed E-state index contributed by atoms with van der Waals surface area (Å²) in [6, 6.07) is 0. The lowest BCUT2D eigenvalue weighted by atomic mass is 10.3. The lowest BCUT2D eigenvalue weighted by Crippen LogP contribution is -1.82. The number of rotatable bonds is 1. The number of thioether (sulfide) groups is 1. The zero-order valence-corrected chi connectivity index (χ0v) is 7.93. The van der Waals surface area contributed by atoms with Gasteiger partial charge in [0.2, 0.25) is 0 Å². The second-order valence-electron chi connectivity index (χ2n) is 2.36. The van der Waals surface area contributed by atoms with Crippen molar-refractivity contribution in [2.24, 2.45) is 0 Å². The van der Waals surface area contributed by atoms with E-state index in [1.54, 1.807) is 18.9 Å². The number of hydrogen-bond donors (Lipinski definition) is 0.